The van der Waals surface area contributed by atoms with E-state index in [1.54, 1.807) is 6.20 Å². The van der Waals surface area contributed by atoms with Crippen LogP contribution >= 0.6 is 0 Å². The quantitative estimate of drug-likeness (QED) is 0.910. The number of hydrogen-bond acceptors (Lipinski definition) is 3. The second-order valence-electron chi connectivity index (χ2n) is 5.96. The number of carbonyl (C=O) groups is 1. The normalized spacial score (nSPS) is 20.4. The number of aromatic nitrogens is 1. The van der Waals surface area contributed by atoms with Gasteiger partial charge in [0.1, 0.15) is 0 Å². The monoisotopic (exact) mass is 268 g/mol. The summed E-state index contributed by atoms with van der Waals surface area (Å²) in [5.74, 6) is 0.254. The summed E-state index contributed by atoms with van der Waals surface area (Å²) in [7, 11) is 0. The Morgan fingerprint density at radius 1 is 1.25 bits per heavy atom. The van der Waals surface area contributed by atoms with E-state index in [1.165, 1.54) is 0 Å². The molecule has 4 nitrogen and oxygen atoms in total. The standard InChI is InChI=1S/C16H16N2O2/c19-15(11-7-16(8-11)9-20-10-16)18-14-5-1-4-13-12(14)3-2-6-17-13/h1-6,11H,7-10H2,(H,18,19). The van der Waals surface area contributed by atoms with Crippen LogP contribution in [0.2, 0.25) is 0 Å². The van der Waals surface area contributed by atoms with E-state index < -0.39 is 0 Å². The van der Waals surface area contributed by atoms with Crippen LogP contribution in [0.3, 0.4) is 0 Å². The highest BCUT2D eigenvalue weighted by molar-refractivity contribution is 6.02. The second kappa shape index (κ2) is 4.28. The van der Waals surface area contributed by atoms with Gasteiger partial charge in [-0.15, -0.1) is 0 Å². The van der Waals surface area contributed by atoms with Crippen LogP contribution in [0.25, 0.3) is 10.9 Å². The minimum absolute atomic E-state index is 0.124. The highest BCUT2D eigenvalue weighted by Crippen LogP contribution is 2.51. The maximum Gasteiger partial charge on any atom is 0.227 e. The Morgan fingerprint density at radius 2 is 2.10 bits per heavy atom. The summed E-state index contributed by atoms with van der Waals surface area (Å²) in [6, 6.07) is 9.69. The molecule has 4 heteroatoms. The van der Waals surface area contributed by atoms with Crippen LogP contribution in [-0.4, -0.2) is 24.1 Å². The van der Waals surface area contributed by atoms with Crippen LogP contribution in [0.4, 0.5) is 5.69 Å². The molecule has 4 rings (SSSR count). The molecule has 2 aromatic rings. The molecule has 20 heavy (non-hydrogen) atoms. The Labute approximate surface area is 117 Å². The minimum atomic E-state index is 0.124. The van der Waals surface area contributed by atoms with Gasteiger partial charge < -0.3 is 10.1 Å². The first kappa shape index (κ1) is 11.9. The molecule has 2 heterocycles. The van der Waals surface area contributed by atoms with Crippen molar-refractivity contribution in [2.24, 2.45) is 11.3 Å². The molecule has 1 spiro atoms. The SMILES string of the molecule is O=C(Nc1cccc2ncccc12)C1CC2(COC2)C1. The maximum absolute atomic E-state index is 12.3. The average Bonchev–Trinajstić information content (AvgIpc) is 2.36. The van der Waals surface area contributed by atoms with Crippen molar-refractivity contribution in [1.29, 1.82) is 0 Å². The number of nitrogens with one attached hydrogen (secondary N) is 1. The first-order chi connectivity index (χ1) is 9.76. The van der Waals surface area contributed by atoms with Crippen molar-refractivity contribution in [2.75, 3.05) is 18.5 Å². The lowest BCUT2D eigenvalue weighted by atomic mass is 9.60. The third-order valence-corrected chi connectivity index (χ3v) is 4.45. The molecule has 0 bridgehead atoms. The second-order valence-corrected chi connectivity index (χ2v) is 5.96. The number of amides is 1. The molecule has 1 aromatic carbocycles. The molecule has 0 radical (unpaired) electrons. The van der Waals surface area contributed by atoms with Crippen LogP contribution in [0, 0.1) is 11.3 Å². The van der Waals surface area contributed by atoms with Crippen LogP contribution in [0.5, 0.6) is 0 Å². The molecule has 2 fully saturated rings. The first-order valence-corrected chi connectivity index (χ1v) is 6.98. The molecule has 1 N–H and O–H groups in total. The molecule has 0 unspecified atom stereocenters. The molecule has 1 aliphatic carbocycles. The molecule has 2 aliphatic rings. The molecular weight excluding hydrogens is 252 g/mol. The number of ether oxygens (including phenoxy) is 1. The molecule has 1 aliphatic heterocycles. The van der Waals surface area contributed by atoms with Crippen molar-refractivity contribution < 1.29 is 9.53 Å². The van der Waals surface area contributed by atoms with E-state index in [-0.39, 0.29) is 11.8 Å². The third kappa shape index (κ3) is 1.79. The maximum atomic E-state index is 12.3. The number of benzene rings is 1. The summed E-state index contributed by atoms with van der Waals surface area (Å²) >= 11 is 0. The lowest BCUT2D eigenvalue weighted by Gasteiger charge is -2.52. The van der Waals surface area contributed by atoms with Crippen molar-refractivity contribution >= 4 is 22.5 Å². The smallest absolute Gasteiger partial charge is 0.227 e. The predicted octanol–water partition coefficient (Wildman–Crippen LogP) is 2.60. The lowest BCUT2D eigenvalue weighted by Crippen LogP contribution is -2.54. The van der Waals surface area contributed by atoms with Crippen molar-refractivity contribution in [3.8, 4) is 0 Å². The van der Waals surface area contributed by atoms with Gasteiger partial charge in [-0.3, -0.25) is 9.78 Å². The Kier molecular flexibility index (Phi) is 2.54. The van der Waals surface area contributed by atoms with Gasteiger partial charge >= 0.3 is 0 Å². The number of pyridine rings is 1. The summed E-state index contributed by atoms with van der Waals surface area (Å²) in [6.45, 7) is 1.66. The number of rotatable bonds is 2. The zero-order chi connectivity index (χ0) is 13.6. The predicted molar refractivity (Wildman–Crippen MR) is 76.3 cm³/mol. The first-order valence-electron chi connectivity index (χ1n) is 6.98. The zero-order valence-corrected chi connectivity index (χ0v) is 11.1. The molecule has 0 atom stereocenters. The van der Waals surface area contributed by atoms with Crippen molar-refractivity contribution in [2.45, 2.75) is 12.8 Å². The molecular formula is C16H16N2O2. The van der Waals surface area contributed by atoms with Crippen LogP contribution in [0.15, 0.2) is 36.5 Å². The summed E-state index contributed by atoms with van der Waals surface area (Å²) in [5, 5.41) is 4.04. The zero-order valence-electron chi connectivity index (χ0n) is 11.1. The largest absolute Gasteiger partial charge is 0.380 e. The van der Waals surface area contributed by atoms with Gasteiger partial charge in [-0.2, -0.15) is 0 Å². The Hall–Kier alpha value is -1.94. The van der Waals surface area contributed by atoms with E-state index in [4.69, 9.17) is 4.74 Å². The van der Waals surface area contributed by atoms with Gasteiger partial charge in [0.25, 0.3) is 0 Å². The van der Waals surface area contributed by atoms with Gasteiger partial charge in [0.15, 0.2) is 0 Å². The Morgan fingerprint density at radius 3 is 2.85 bits per heavy atom. The minimum Gasteiger partial charge on any atom is -0.380 e. The van der Waals surface area contributed by atoms with E-state index in [0.717, 1.165) is 42.6 Å². The Bertz CT molecular complexity index is 666. The summed E-state index contributed by atoms with van der Waals surface area (Å²) in [4.78, 5) is 16.6. The average molecular weight is 268 g/mol. The van der Waals surface area contributed by atoms with Gasteiger partial charge in [-0.25, -0.2) is 0 Å². The van der Waals surface area contributed by atoms with Gasteiger partial charge in [0.2, 0.25) is 5.91 Å². The third-order valence-electron chi connectivity index (χ3n) is 4.45. The van der Waals surface area contributed by atoms with Gasteiger partial charge in [-0.05, 0) is 37.1 Å². The summed E-state index contributed by atoms with van der Waals surface area (Å²) in [6.07, 6.45) is 3.68. The van der Waals surface area contributed by atoms with Crippen molar-refractivity contribution in [1.82, 2.24) is 4.98 Å². The summed E-state index contributed by atoms with van der Waals surface area (Å²) in [5.41, 5.74) is 2.08. The topological polar surface area (TPSA) is 51.2 Å². The van der Waals surface area contributed by atoms with Gasteiger partial charge in [0.05, 0.1) is 24.4 Å². The van der Waals surface area contributed by atoms with Gasteiger partial charge in [0, 0.05) is 22.9 Å². The number of fused-ring (bicyclic) bond motifs is 1. The molecule has 102 valence electrons. The molecule has 1 amide bonds. The van der Waals surface area contributed by atoms with E-state index >= 15 is 0 Å². The van der Waals surface area contributed by atoms with E-state index in [0.29, 0.717) is 5.41 Å². The van der Waals surface area contributed by atoms with Gasteiger partial charge in [-0.1, -0.05) is 6.07 Å². The van der Waals surface area contributed by atoms with E-state index in [1.807, 2.05) is 30.3 Å². The van der Waals surface area contributed by atoms with Crippen molar-refractivity contribution in [3.05, 3.63) is 36.5 Å². The fourth-order valence-electron chi connectivity index (χ4n) is 3.24. The molecule has 1 aromatic heterocycles. The van der Waals surface area contributed by atoms with Crippen LogP contribution in [-0.2, 0) is 9.53 Å². The molecule has 1 saturated carbocycles. The fraction of sp³-hybridized carbons (Fsp3) is 0.375. The van der Waals surface area contributed by atoms with Crippen molar-refractivity contribution in [3.63, 3.8) is 0 Å². The summed E-state index contributed by atoms with van der Waals surface area (Å²) < 4.78 is 5.24. The highest BCUT2D eigenvalue weighted by Gasteiger charge is 2.52. The number of hydrogen-bond donors (Lipinski definition) is 1. The van der Waals surface area contributed by atoms with Crippen LogP contribution < -0.4 is 5.32 Å². The number of carbonyl (C=O) groups excluding carboxylic acids is 1. The van der Waals surface area contributed by atoms with E-state index in [9.17, 15) is 4.79 Å². The molecule has 1 saturated heterocycles. The fourth-order valence-corrected chi connectivity index (χ4v) is 3.24. The number of anilines is 1. The Balaban J connectivity index is 1.51. The van der Waals surface area contributed by atoms with E-state index in [2.05, 4.69) is 10.3 Å². The van der Waals surface area contributed by atoms with Crippen LogP contribution in [0.1, 0.15) is 12.8 Å². The lowest BCUT2D eigenvalue weighted by molar-refractivity contribution is -0.181. The highest BCUT2D eigenvalue weighted by atomic mass is 16.5. The number of nitrogens with zero attached hydrogens (tertiary/aromatic N) is 1.